The molecule has 0 spiro atoms. The Morgan fingerprint density at radius 2 is 2.09 bits per heavy atom. The fraction of sp³-hybridized carbons (Fsp3) is 0.389. The highest BCUT2D eigenvalue weighted by Crippen LogP contribution is 2.17. The standard InChI is InChI=1S/C18H24N2O2S/c1-4-20(13-16-9-7-11-23-16)14(2)18(21)19-12-15-8-5-6-10-17(15)22-3/h5-11,14H,4,12-13H2,1-3H3,(H,19,21). The van der Waals surface area contributed by atoms with Crippen LogP contribution in [0, 0.1) is 0 Å². The minimum absolute atomic E-state index is 0.0364. The lowest BCUT2D eigenvalue weighted by Crippen LogP contribution is -2.44. The molecule has 1 unspecified atom stereocenters. The second-order valence-corrected chi connectivity index (χ2v) is 6.38. The smallest absolute Gasteiger partial charge is 0.237 e. The Labute approximate surface area is 142 Å². The first-order valence-corrected chi connectivity index (χ1v) is 8.69. The van der Waals surface area contributed by atoms with E-state index in [4.69, 9.17) is 4.74 Å². The zero-order valence-corrected chi connectivity index (χ0v) is 14.7. The fourth-order valence-electron chi connectivity index (χ4n) is 2.47. The Kier molecular flexibility index (Phi) is 6.62. The molecule has 1 N–H and O–H groups in total. The minimum atomic E-state index is -0.170. The second kappa shape index (κ2) is 8.70. The number of thiophene rings is 1. The van der Waals surface area contributed by atoms with E-state index >= 15 is 0 Å². The summed E-state index contributed by atoms with van der Waals surface area (Å²) >= 11 is 1.72. The predicted molar refractivity (Wildman–Crippen MR) is 94.7 cm³/mol. The number of carbonyl (C=O) groups is 1. The number of nitrogens with zero attached hydrogens (tertiary/aromatic N) is 1. The number of ether oxygens (including phenoxy) is 1. The average Bonchev–Trinajstić information content (AvgIpc) is 3.10. The molecule has 1 aromatic heterocycles. The molecule has 0 radical (unpaired) electrons. The zero-order valence-electron chi connectivity index (χ0n) is 13.9. The normalized spacial score (nSPS) is 12.2. The van der Waals surface area contributed by atoms with Crippen LogP contribution in [0.15, 0.2) is 41.8 Å². The summed E-state index contributed by atoms with van der Waals surface area (Å²) in [7, 11) is 1.64. The highest BCUT2D eigenvalue weighted by atomic mass is 32.1. The number of para-hydroxylation sites is 1. The van der Waals surface area contributed by atoms with Crippen LogP contribution in [0.1, 0.15) is 24.3 Å². The van der Waals surface area contributed by atoms with Crippen LogP contribution >= 0.6 is 11.3 Å². The van der Waals surface area contributed by atoms with Crippen molar-refractivity contribution in [1.82, 2.24) is 10.2 Å². The average molecular weight is 332 g/mol. The molecule has 124 valence electrons. The zero-order chi connectivity index (χ0) is 16.7. The van der Waals surface area contributed by atoms with Gasteiger partial charge in [-0.3, -0.25) is 9.69 Å². The van der Waals surface area contributed by atoms with Gasteiger partial charge in [-0.15, -0.1) is 11.3 Å². The highest BCUT2D eigenvalue weighted by molar-refractivity contribution is 7.09. The lowest BCUT2D eigenvalue weighted by molar-refractivity contribution is -0.126. The summed E-state index contributed by atoms with van der Waals surface area (Å²) in [4.78, 5) is 15.9. The van der Waals surface area contributed by atoms with E-state index in [9.17, 15) is 4.79 Å². The number of hydrogen-bond donors (Lipinski definition) is 1. The molecule has 1 amide bonds. The van der Waals surface area contributed by atoms with Crippen molar-refractivity contribution in [2.75, 3.05) is 13.7 Å². The van der Waals surface area contributed by atoms with Gasteiger partial charge in [0.15, 0.2) is 0 Å². The third-order valence-electron chi connectivity index (χ3n) is 3.92. The van der Waals surface area contributed by atoms with Gasteiger partial charge in [0.2, 0.25) is 5.91 Å². The van der Waals surface area contributed by atoms with Crippen LogP contribution in [-0.2, 0) is 17.9 Å². The summed E-state index contributed by atoms with van der Waals surface area (Å²) in [5, 5.41) is 5.08. The lowest BCUT2D eigenvalue weighted by Gasteiger charge is -2.26. The summed E-state index contributed by atoms with van der Waals surface area (Å²) in [5.41, 5.74) is 0.983. The molecule has 0 saturated carbocycles. The molecule has 0 saturated heterocycles. The Morgan fingerprint density at radius 1 is 1.30 bits per heavy atom. The van der Waals surface area contributed by atoms with E-state index in [1.54, 1.807) is 18.4 Å². The lowest BCUT2D eigenvalue weighted by atomic mass is 10.2. The molecule has 0 aliphatic heterocycles. The second-order valence-electron chi connectivity index (χ2n) is 5.35. The first kappa shape index (κ1) is 17.5. The summed E-state index contributed by atoms with van der Waals surface area (Å²) in [5.74, 6) is 0.834. The number of amides is 1. The highest BCUT2D eigenvalue weighted by Gasteiger charge is 2.20. The Balaban J connectivity index is 1.93. The van der Waals surface area contributed by atoms with Crippen molar-refractivity contribution in [1.29, 1.82) is 0 Å². The van der Waals surface area contributed by atoms with E-state index in [0.717, 1.165) is 24.4 Å². The Morgan fingerprint density at radius 3 is 2.74 bits per heavy atom. The summed E-state index contributed by atoms with van der Waals surface area (Å²) in [6.45, 7) is 6.15. The van der Waals surface area contributed by atoms with Crippen molar-refractivity contribution >= 4 is 17.2 Å². The summed E-state index contributed by atoms with van der Waals surface area (Å²) in [6, 6.07) is 11.7. The minimum Gasteiger partial charge on any atom is -0.496 e. The largest absolute Gasteiger partial charge is 0.496 e. The number of hydrogen-bond acceptors (Lipinski definition) is 4. The van der Waals surface area contributed by atoms with E-state index in [1.165, 1.54) is 4.88 Å². The molecule has 1 heterocycles. The SMILES string of the molecule is CCN(Cc1cccs1)C(C)C(=O)NCc1ccccc1OC. The van der Waals surface area contributed by atoms with Crippen molar-refractivity contribution < 1.29 is 9.53 Å². The van der Waals surface area contributed by atoms with E-state index in [1.807, 2.05) is 37.3 Å². The number of carbonyl (C=O) groups excluding carboxylic acids is 1. The predicted octanol–water partition coefficient (Wildman–Crippen LogP) is 3.28. The van der Waals surface area contributed by atoms with Gasteiger partial charge < -0.3 is 10.1 Å². The molecule has 23 heavy (non-hydrogen) atoms. The van der Waals surface area contributed by atoms with Crippen LogP contribution in [0.25, 0.3) is 0 Å². The maximum Gasteiger partial charge on any atom is 0.237 e. The Hall–Kier alpha value is -1.85. The van der Waals surface area contributed by atoms with Gasteiger partial charge in [-0.05, 0) is 31.0 Å². The molecule has 2 aromatic rings. The van der Waals surface area contributed by atoms with E-state index in [-0.39, 0.29) is 11.9 Å². The third-order valence-corrected chi connectivity index (χ3v) is 4.78. The van der Waals surface area contributed by atoms with Crippen molar-refractivity contribution in [3.63, 3.8) is 0 Å². The molecule has 0 fully saturated rings. The van der Waals surface area contributed by atoms with Gasteiger partial charge in [-0.25, -0.2) is 0 Å². The molecule has 4 nitrogen and oxygen atoms in total. The number of rotatable bonds is 8. The molecule has 1 atom stereocenters. The molecule has 0 bridgehead atoms. The van der Waals surface area contributed by atoms with Gasteiger partial charge >= 0.3 is 0 Å². The van der Waals surface area contributed by atoms with Crippen LogP contribution in [0.5, 0.6) is 5.75 Å². The van der Waals surface area contributed by atoms with E-state index < -0.39 is 0 Å². The number of likely N-dealkylation sites (N-methyl/N-ethyl adjacent to an activating group) is 1. The maximum atomic E-state index is 12.5. The maximum absolute atomic E-state index is 12.5. The van der Waals surface area contributed by atoms with Gasteiger partial charge in [-0.1, -0.05) is 31.2 Å². The third kappa shape index (κ3) is 4.81. The summed E-state index contributed by atoms with van der Waals surface area (Å²) < 4.78 is 5.32. The van der Waals surface area contributed by atoms with Crippen LogP contribution < -0.4 is 10.1 Å². The first-order chi connectivity index (χ1) is 11.2. The number of nitrogens with one attached hydrogen (secondary N) is 1. The monoisotopic (exact) mass is 332 g/mol. The molecule has 2 rings (SSSR count). The van der Waals surface area contributed by atoms with Crippen LogP contribution in [0.4, 0.5) is 0 Å². The molecule has 0 aliphatic rings. The van der Waals surface area contributed by atoms with Gasteiger partial charge in [0.05, 0.1) is 13.2 Å². The van der Waals surface area contributed by atoms with Crippen molar-refractivity contribution in [3.8, 4) is 5.75 Å². The van der Waals surface area contributed by atoms with Crippen LogP contribution in [-0.4, -0.2) is 30.5 Å². The molecule has 1 aromatic carbocycles. The molecule has 5 heteroatoms. The number of methoxy groups -OCH3 is 1. The quantitative estimate of drug-likeness (QED) is 0.806. The van der Waals surface area contributed by atoms with Gasteiger partial charge in [0.25, 0.3) is 0 Å². The molecule has 0 aliphatic carbocycles. The molecular formula is C18H24N2O2S. The van der Waals surface area contributed by atoms with Crippen LogP contribution in [0.3, 0.4) is 0 Å². The fourth-order valence-corrected chi connectivity index (χ4v) is 3.20. The Bertz CT molecular complexity index is 613. The van der Waals surface area contributed by atoms with Gasteiger partial charge in [0, 0.05) is 23.5 Å². The first-order valence-electron chi connectivity index (χ1n) is 7.81. The number of benzene rings is 1. The van der Waals surface area contributed by atoms with Crippen LogP contribution in [0.2, 0.25) is 0 Å². The van der Waals surface area contributed by atoms with Gasteiger partial charge in [0.1, 0.15) is 5.75 Å². The van der Waals surface area contributed by atoms with Gasteiger partial charge in [-0.2, -0.15) is 0 Å². The van der Waals surface area contributed by atoms with Crippen molar-refractivity contribution in [2.24, 2.45) is 0 Å². The van der Waals surface area contributed by atoms with E-state index in [2.05, 4.69) is 28.6 Å². The topological polar surface area (TPSA) is 41.6 Å². The van der Waals surface area contributed by atoms with Crippen molar-refractivity contribution in [2.45, 2.75) is 33.0 Å². The molecular weight excluding hydrogens is 308 g/mol. The summed E-state index contributed by atoms with van der Waals surface area (Å²) in [6.07, 6.45) is 0. The van der Waals surface area contributed by atoms with E-state index in [0.29, 0.717) is 6.54 Å². The van der Waals surface area contributed by atoms with Crippen molar-refractivity contribution in [3.05, 3.63) is 52.2 Å².